The highest BCUT2D eigenvalue weighted by atomic mass is 32.1. The van der Waals surface area contributed by atoms with Crippen LogP contribution in [0.4, 0.5) is 0 Å². The lowest BCUT2D eigenvalue weighted by atomic mass is 10.3. The van der Waals surface area contributed by atoms with Crippen molar-refractivity contribution in [2.45, 2.75) is 32.5 Å². The molecule has 0 aromatic carbocycles. The van der Waals surface area contributed by atoms with Crippen LogP contribution in [0.5, 0.6) is 0 Å². The topological polar surface area (TPSA) is 35.6 Å². The third-order valence-corrected chi connectivity index (χ3v) is 4.46. The number of thiophene rings is 1. The molecule has 2 rings (SSSR count). The Bertz CT molecular complexity index is 444. The van der Waals surface area contributed by atoms with Crippen LogP contribution in [0.2, 0.25) is 0 Å². The summed E-state index contributed by atoms with van der Waals surface area (Å²) in [6, 6.07) is 4.17. The number of nitrogens with one attached hydrogen (secondary N) is 1. The predicted octanol–water partition coefficient (Wildman–Crippen LogP) is 1.83. The molecule has 2 atom stereocenters. The van der Waals surface area contributed by atoms with Gasteiger partial charge in [0.05, 0.1) is 6.04 Å². The minimum atomic E-state index is -0.0771. The zero-order valence-electron chi connectivity index (χ0n) is 12.1. The Labute approximate surface area is 119 Å². The lowest BCUT2D eigenvalue weighted by molar-refractivity contribution is -0.129. The molecule has 4 nitrogen and oxygen atoms in total. The second kappa shape index (κ2) is 6.03. The maximum absolute atomic E-state index is 12.2. The van der Waals surface area contributed by atoms with Crippen molar-refractivity contribution in [2.24, 2.45) is 0 Å². The monoisotopic (exact) mass is 281 g/mol. The van der Waals surface area contributed by atoms with E-state index in [4.69, 9.17) is 0 Å². The van der Waals surface area contributed by atoms with Crippen LogP contribution in [-0.4, -0.2) is 48.9 Å². The molecular formula is C14H23N3OS. The van der Waals surface area contributed by atoms with E-state index in [-0.39, 0.29) is 18.1 Å². The first-order valence-electron chi connectivity index (χ1n) is 6.76. The molecule has 1 aliphatic heterocycles. The molecule has 1 fully saturated rings. The third kappa shape index (κ3) is 3.35. The van der Waals surface area contributed by atoms with Crippen molar-refractivity contribution in [3.8, 4) is 0 Å². The van der Waals surface area contributed by atoms with E-state index in [9.17, 15) is 4.79 Å². The Kier molecular flexibility index (Phi) is 4.60. The van der Waals surface area contributed by atoms with Gasteiger partial charge in [0.15, 0.2) is 0 Å². The van der Waals surface area contributed by atoms with Crippen molar-refractivity contribution < 1.29 is 4.79 Å². The average Bonchev–Trinajstić information content (AvgIpc) is 2.87. The molecule has 106 valence electrons. The van der Waals surface area contributed by atoms with Crippen molar-refractivity contribution in [2.75, 3.05) is 27.2 Å². The van der Waals surface area contributed by atoms with Gasteiger partial charge in [0.25, 0.3) is 0 Å². The lowest BCUT2D eigenvalue weighted by Crippen LogP contribution is -2.32. The van der Waals surface area contributed by atoms with Crippen molar-refractivity contribution >= 4 is 17.2 Å². The first-order valence-corrected chi connectivity index (χ1v) is 7.58. The number of hydrogen-bond donors (Lipinski definition) is 1. The standard InChI is InChI=1S/C14H23N3OS/c1-10-6-7-12(19-10)13-15-11(2)14(18)17(13)9-5-8-16(3)4/h6-7,11,13,15H,5,8-9H2,1-4H3. The fourth-order valence-corrected chi connectivity index (χ4v) is 3.36. The normalized spacial score (nSPS) is 23.6. The van der Waals surface area contributed by atoms with Crippen molar-refractivity contribution in [3.63, 3.8) is 0 Å². The van der Waals surface area contributed by atoms with E-state index < -0.39 is 0 Å². The highest BCUT2D eigenvalue weighted by Gasteiger charge is 2.37. The zero-order chi connectivity index (χ0) is 14.0. The number of rotatable bonds is 5. The van der Waals surface area contributed by atoms with Gasteiger partial charge in [-0.2, -0.15) is 0 Å². The molecule has 1 amide bonds. The summed E-state index contributed by atoms with van der Waals surface area (Å²) in [5, 5.41) is 3.39. The molecule has 2 unspecified atom stereocenters. The zero-order valence-corrected chi connectivity index (χ0v) is 13.0. The Hall–Kier alpha value is -0.910. The second-order valence-electron chi connectivity index (χ2n) is 5.43. The molecule has 1 N–H and O–H groups in total. The van der Waals surface area contributed by atoms with E-state index in [0.717, 1.165) is 19.5 Å². The summed E-state index contributed by atoms with van der Waals surface area (Å²) >= 11 is 1.77. The smallest absolute Gasteiger partial charge is 0.241 e. The lowest BCUT2D eigenvalue weighted by Gasteiger charge is -2.24. The van der Waals surface area contributed by atoms with E-state index in [0.29, 0.717) is 0 Å². The van der Waals surface area contributed by atoms with Crippen LogP contribution in [0.15, 0.2) is 12.1 Å². The summed E-state index contributed by atoms with van der Waals surface area (Å²) in [5.74, 6) is 0.217. The quantitative estimate of drug-likeness (QED) is 0.894. The van der Waals surface area contributed by atoms with Crippen LogP contribution >= 0.6 is 11.3 Å². The van der Waals surface area contributed by atoms with Gasteiger partial charge in [-0.1, -0.05) is 0 Å². The molecule has 5 heteroatoms. The summed E-state index contributed by atoms with van der Waals surface area (Å²) < 4.78 is 0. The number of carbonyl (C=O) groups excluding carboxylic acids is 1. The molecule has 2 heterocycles. The highest BCUT2D eigenvalue weighted by molar-refractivity contribution is 7.12. The van der Waals surface area contributed by atoms with Gasteiger partial charge < -0.3 is 9.80 Å². The molecule has 0 spiro atoms. The number of aryl methyl sites for hydroxylation is 1. The van der Waals surface area contributed by atoms with Crippen LogP contribution in [0.1, 0.15) is 29.3 Å². The average molecular weight is 281 g/mol. The van der Waals surface area contributed by atoms with Crippen LogP contribution in [0.25, 0.3) is 0 Å². The molecule has 1 aromatic heterocycles. The third-order valence-electron chi connectivity index (χ3n) is 3.41. The van der Waals surface area contributed by atoms with Crippen LogP contribution in [-0.2, 0) is 4.79 Å². The largest absolute Gasteiger partial charge is 0.321 e. The maximum Gasteiger partial charge on any atom is 0.241 e. The van der Waals surface area contributed by atoms with Crippen LogP contribution in [0.3, 0.4) is 0 Å². The Morgan fingerprint density at radius 3 is 2.74 bits per heavy atom. The van der Waals surface area contributed by atoms with E-state index in [2.05, 4.69) is 43.4 Å². The summed E-state index contributed by atoms with van der Waals surface area (Å²) in [4.78, 5) is 18.9. The predicted molar refractivity (Wildman–Crippen MR) is 79.3 cm³/mol. The van der Waals surface area contributed by atoms with E-state index in [1.165, 1.54) is 9.75 Å². The maximum atomic E-state index is 12.2. The van der Waals surface area contributed by atoms with Crippen molar-refractivity contribution in [1.29, 1.82) is 0 Å². The molecule has 19 heavy (non-hydrogen) atoms. The molecule has 1 saturated heterocycles. The van der Waals surface area contributed by atoms with E-state index in [1.807, 2.05) is 11.8 Å². The highest BCUT2D eigenvalue weighted by Crippen LogP contribution is 2.30. The van der Waals surface area contributed by atoms with Crippen LogP contribution < -0.4 is 5.32 Å². The number of nitrogens with zero attached hydrogens (tertiary/aromatic N) is 2. The van der Waals surface area contributed by atoms with Crippen LogP contribution in [0, 0.1) is 6.92 Å². The summed E-state index contributed by atoms with van der Waals surface area (Å²) in [6.07, 6.45) is 1.07. The van der Waals surface area contributed by atoms with Crippen molar-refractivity contribution in [1.82, 2.24) is 15.1 Å². The first-order chi connectivity index (χ1) is 8.99. The molecule has 0 radical (unpaired) electrons. The Morgan fingerprint density at radius 2 is 2.16 bits per heavy atom. The fraction of sp³-hybridized carbons (Fsp3) is 0.643. The van der Waals surface area contributed by atoms with Gasteiger partial charge in [-0.3, -0.25) is 10.1 Å². The van der Waals surface area contributed by atoms with E-state index >= 15 is 0 Å². The number of hydrogen-bond acceptors (Lipinski definition) is 4. The van der Waals surface area contributed by atoms with Crippen molar-refractivity contribution in [3.05, 3.63) is 21.9 Å². The molecule has 1 aliphatic rings. The molecule has 1 aromatic rings. The van der Waals surface area contributed by atoms with Gasteiger partial charge >= 0.3 is 0 Å². The minimum absolute atomic E-state index is 0.0587. The second-order valence-corrected chi connectivity index (χ2v) is 6.75. The van der Waals surface area contributed by atoms with Gasteiger partial charge in [0.2, 0.25) is 5.91 Å². The summed E-state index contributed by atoms with van der Waals surface area (Å²) in [7, 11) is 4.12. The van der Waals surface area contributed by atoms with E-state index in [1.54, 1.807) is 11.3 Å². The number of carbonyl (C=O) groups is 1. The number of amides is 1. The molecule has 0 saturated carbocycles. The minimum Gasteiger partial charge on any atom is -0.321 e. The SMILES string of the molecule is Cc1ccc(C2NC(C)C(=O)N2CCCN(C)C)s1. The summed E-state index contributed by atoms with van der Waals surface area (Å²) in [6.45, 7) is 5.87. The van der Waals surface area contributed by atoms with Gasteiger partial charge in [0.1, 0.15) is 6.17 Å². The van der Waals surface area contributed by atoms with Gasteiger partial charge in [-0.15, -0.1) is 11.3 Å². The first kappa shape index (κ1) is 14.5. The summed E-state index contributed by atoms with van der Waals surface area (Å²) in [5.41, 5.74) is 0. The Morgan fingerprint density at radius 1 is 1.42 bits per heavy atom. The molecule has 0 aliphatic carbocycles. The molecule has 0 bridgehead atoms. The van der Waals surface area contributed by atoms with Gasteiger partial charge in [-0.25, -0.2) is 0 Å². The fourth-order valence-electron chi connectivity index (χ4n) is 2.41. The van der Waals surface area contributed by atoms with Gasteiger partial charge in [-0.05, 0) is 53.0 Å². The van der Waals surface area contributed by atoms with Gasteiger partial charge in [0, 0.05) is 16.3 Å². The molecular weight excluding hydrogens is 258 g/mol. The Balaban J connectivity index is 2.06.